The van der Waals surface area contributed by atoms with Crippen LogP contribution in [0.1, 0.15) is 56.7 Å². The molecule has 1 aromatic heterocycles. The molecule has 0 spiro atoms. The van der Waals surface area contributed by atoms with Gasteiger partial charge in [0.1, 0.15) is 5.82 Å². The molecule has 0 radical (unpaired) electrons. The summed E-state index contributed by atoms with van der Waals surface area (Å²) >= 11 is 0. The molecule has 116 valence electrons. The van der Waals surface area contributed by atoms with Gasteiger partial charge in [0.2, 0.25) is 0 Å². The van der Waals surface area contributed by atoms with Gasteiger partial charge in [0, 0.05) is 31.9 Å². The van der Waals surface area contributed by atoms with E-state index in [1.165, 1.54) is 24.1 Å². The summed E-state index contributed by atoms with van der Waals surface area (Å²) in [7, 11) is 2.13. The van der Waals surface area contributed by atoms with Gasteiger partial charge in [-0.3, -0.25) is 0 Å². The van der Waals surface area contributed by atoms with Crippen LogP contribution in [0.15, 0.2) is 24.8 Å². The number of nitrogens with zero attached hydrogens (tertiary/aromatic N) is 2. The molecule has 1 saturated carbocycles. The molecular weight excluding hydrogens is 258 g/mol. The number of allylic oxidation sites excluding steroid dienone is 1. The molecule has 0 aliphatic heterocycles. The Morgan fingerprint density at radius 2 is 2.19 bits per heavy atom. The molecule has 0 aromatic carbocycles. The van der Waals surface area contributed by atoms with E-state index in [9.17, 15) is 0 Å². The van der Waals surface area contributed by atoms with Crippen LogP contribution in [0.5, 0.6) is 0 Å². The minimum atomic E-state index is 0.464. The molecular formula is C18H29N3. The fourth-order valence-corrected chi connectivity index (χ4v) is 2.32. The molecule has 0 bridgehead atoms. The van der Waals surface area contributed by atoms with E-state index in [2.05, 4.69) is 49.8 Å². The van der Waals surface area contributed by atoms with Crippen molar-refractivity contribution in [1.29, 1.82) is 0 Å². The summed E-state index contributed by atoms with van der Waals surface area (Å²) in [6.07, 6.45) is 6.83. The topological polar surface area (TPSA) is 28.2 Å². The number of rotatable bonds is 9. The van der Waals surface area contributed by atoms with Crippen LogP contribution < -0.4 is 10.2 Å². The van der Waals surface area contributed by atoms with Gasteiger partial charge in [0.05, 0.1) is 0 Å². The van der Waals surface area contributed by atoms with E-state index in [1.54, 1.807) is 0 Å². The summed E-state index contributed by atoms with van der Waals surface area (Å²) in [5.41, 5.74) is 2.54. The van der Waals surface area contributed by atoms with E-state index in [0.717, 1.165) is 37.8 Å². The highest BCUT2D eigenvalue weighted by molar-refractivity contribution is 5.42. The Kier molecular flexibility index (Phi) is 5.80. The maximum absolute atomic E-state index is 4.83. The molecule has 0 atom stereocenters. The standard InChI is InChI=1S/C18H29N3/c1-5-6-7-10-21(4)18-12-15(13-19-16-8-9-16)11-17(20-18)14(2)3/h5,11-12,14,16,19H,1,6-10,13H2,2-4H3. The lowest BCUT2D eigenvalue weighted by molar-refractivity contribution is 0.682. The summed E-state index contributed by atoms with van der Waals surface area (Å²) in [4.78, 5) is 7.09. The van der Waals surface area contributed by atoms with Crippen LogP contribution >= 0.6 is 0 Å². The zero-order chi connectivity index (χ0) is 15.2. The molecule has 1 aromatic rings. The number of pyridine rings is 1. The molecule has 3 nitrogen and oxygen atoms in total. The smallest absolute Gasteiger partial charge is 0.128 e. The highest BCUT2D eigenvalue weighted by atomic mass is 15.2. The quantitative estimate of drug-likeness (QED) is 0.552. The van der Waals surface area contributed by atoms with Crippen molar-refractivity contribution < 1.29 is 0 Å². The van der Waals surface area contributed by atoms with Crippen LogP contribution in [0.25, 0.3) is 0 Å². The van der Waals surface area contributed by atoms with Crippen LogP contribution in [0.4, 0.5) is 5.82 Å². The number of nitrogens with one attached hydrogen (secondary N) is 1. The van der Waals surface area contributed by atoms with Crippen molar-refractivity contribution in [2.45, 2.75) is 58.0 Å². The van der Waals surface area contributed by atoms with Gasteiger partial charge in [-0.2, -0.15) is 0 Å². The Bertz CT molecular complexity index is 464. The van der Waals surface area contributed by atoms with Crippen LogP contribution in [0, 0.1) is 0 Å². The molecule has 0 amide bonds. The Morgan fingerprint density at radius 3 is 2.81 bits per heavy atom. The summed E-state index contributed by atoms with van der Waals surface area (Å²) in [6, 6.07) is 5.23. The second-order valence-electron chi connectivity index (χ2n) is 6.42. The fourth-order valence-electron chi connectivity index (χ4n) is 2.32. The number of hydrogen-bond acceptors (Lipinski definition) is 3. The van der Waals surface area contributed by atoms with E-state index < -0.39 is 0 Å². The Balaban J connectivity index is 2.07. The van der Waals surface area contributed by atoms with Crippen LogP contribution in [-0.4, -0.2) is 24.6 Å². The fraction of sp³-hybridized carbons (Fsp3) is 0.611. The van der Waals surface area contributed by atoms with Gasteiger partial charge in [-0.1, -0.05) is 19.9 Å². The maximum atomic E-state index is 4.83. The van der Waals surface area contributed by atoms with E-state index >= 15 is 0 Å². The van der Waals surface area contributed by atoms with Crippen molar-refractivity contribution in [3.8, 4) is 0 Å². The SMILES string of the molecule is C=CCCCN(C)c1cc(CNC2CC2)cc(C(C)C)n1. The normalized spacial score (nSPS) is 14.5. The van der Waals surface area contributed by atoms with Crippen LogP contribution in [-0.2, 0) is 6.54 Å². The molecule has 1 N–H and O–H groups in total. The molecule has 1 fully saturated rings. The van der Waals surface area contributed by atoms with Crippen LogP contribution in [0.2, 0.25) is 0 Å². The minimum absolute atomic E-state index is 0.464. The Labute approximate surface area is 129 Å². The molecule has 0 unspecified atom stereocenters. The Hall–Kier alpha value is -1.35. The second kappa shape index (κ2) is 7.60. The van der Waals surface area contributed by atoms with Gasteiger partial charge in [-0.05, 0) is 49.3 Å². The third-order valence-corrected chi connectivity index (χ3v) is 3.95. The average molecular weight is 287 g/mol. The predicted octanol–water partition coefficient (Wildman–Crippen LogP) is 3.86. The first-order valence-electron chi connectivity index (χ1n) is 8.16. The zero-order valence-corrected chi connectivity index (χ0v) is 13.7. The van der Waals surface area contributed by atoms with Crippen molar-refractivity contribution in [2.24, 2.45) is 0 Å². The van der Waals surface area contributed by atoms with Crippen molar-refractivity contribution in [1.82, 2.24) is 10.3 Å². The number of anilines is 1. The van der Waals surface area contributed by atoms with Crippen molar-refractivity contribution >= 4 is 5.82 Å². The molecule has 0 saturated heterocycles. The zero-order valence-electron chi connectivity index (χ0n) is 13.7. The van der Waals surface area contributed by atoms with Crippen molar-refractivity contribution in [3.63, 3.8) is 0 Å². The van der Waals surface area contributed by atoms with Crippen LogP contribution in [0.3, 0.4) is 0 Å². The van der Waals surface area contributed by atoms with Crippen molar-refractivity contribution in [3.05, 3.63) is 36.0 Å². The number of aromatic nitrogens is 1. The van der Waals surface area contributed by atoms with Gasteiger partial charge in [-0.15, -0.1) is 6.58 Å². The molecule has 2 rings (SSSR count). The van der Waals surface area contributed by atoms with E-state index in [0.29, 0.717) is 5.92 Å². The van der Waals surface area contributed by atoms with E-state index in [4.69, 9.17) is 4.98 Å². The molecule has 3 heteroatoms. The van der Waals surface area contributed by atoms with Gasteiger partial charge in [-0.25, -0.2) is 4.98 Å². The lowest BCUT2D eigenvalue weighted by Gasteiger charge is -2.21. The first-order chi connectivity index (χ1) is 10.1. The first kappa shape index (κ1) is 16.0. The van der Waals surface area contributed by atoms with E-state index in [1.807, 2.05) is 6.08 Å². The van der Waals surface area contributed by atoms with E-state index in [-0.39, 0.29) is 0 Å². The lowest BCUT2D eigenvalue weighted by Crippen LogP contribution is -2.21. The van der Waals surface area contributed by atoms with Gasteiger partial charge < -0.3 is 10.2 Å². The Morgan fingerprint density at radius 1 is 1.43 bits per heavy atom. The molecule has 21 heavy (non-hydrogen) atoms. The number of unbranched alkanes of at least 4 members (excludes halogenated alkanes) is 1. The predicted molar refractivity (Wildman–Crippen MR) is 90.9 cm³/mol. The van der Waals surface area contributed by atoms with Gasteiger partial charge in [0.15, 0.2) is 0 Å². The number of hydrogen-bond donors (Lipinski definition) is 1. The largest absolute Gasteiger partial charge is 0.360 e. The maximum Gasteiger partial charge on any atom is 0.128 e. The summed E-state index contributed by atoms with van der Waals surface area (Å²) in [6.45, 7) is 10.2. The lowest BCUT2D eigenvalue weighted by atomic mass is 10.1. The minimum Gasteiger partial charge on any atom is -0.360 e. The highest BCUT2D eigenvalue weighted by Crippen LogP contribution is 2.22. The first-order valence-corrected chi connectivity index (χ1v) is 8.16. The third kappa shape index (κ3) is 5.16. The summed E-state index contributed by atoms with van der Waals surface area (Å²) in [5.74, 6) is 1.56. The third-order valence-electron chi connectivity index (χ3n) is 3.95. The monoisotopic (exact) mass is 287 g/mol. The van der Waals surface area contributed by atoms with Gasteiger partial charge >= 0.3 is 0 Å². The molecule has 1 aliphatic carbocycles. The highest BCUT2D eigenvalue weighted by Gasteiger charge is 2.20. The average Bonchev–Trinajstić information content (AvgIpc) is 3.29. The second-order valence-corrected chi connectivity index (χ2v) is 6.42. The van der Waals surface area contributed by atoms with Crippen molar-refractivity contribution in [2.75, 3.05) is 18.5 Å². The van der Waals surface area contributed by atoms with Gasteiger partial charge in [0.25, 0.3) is 0 Å². The molecule has 1 heterocycles. The molecule has 1 aliphatic rings. The summed E-state index contributed by atoms with van der Waals surface area (Å²) in [5, 5.41) is 3.60. The summed E-state index contributed by atoms with van der Waals surface area (Å²) < 4.78 is 0.